The molecule has 1 unspecified atom stereocenters. The molecule has 0 aromatic heterocycles. The Morgan fingerprint density at radius 2 is 0.897 bits per heavy atom. The van der Waals surface area contributed by atoms with E-state index in [1.54, 1.807) is 0 Å². The topological polar surface area (TPSA) is 9.23 Å². The second-order valence-corrected chi connectivity index (χ2v) is 24.0. The van der Waals surface area contributed by atoms with Crippen LogP contribution in [0.15, 0.2) is 60.7 Å². The molecular formula is C33H56Cl2OP2Pd. The van der Waals surface area contributed by atoms with Crippen LogP contribution in [0.5, 0.6) is 0 Å². The van der Waals surface area contributed by atoms with Crippen LogP contribution in [0, 0.1) is 0 Å². The first-order valence-electron chi connectivity index (χ1n) is 13.9. The minimum absolute atomic E-state index is 0.106. The Morgan fingerprint density at radius 1 is 0.615 bits per heavy atom. The third-order valence-electron chi connectivity index (χ3n) is 5.87. The molecule has 1 heterocycles. The van der Waals surface area contributed by atoms with Crippen molar-refractivity contribution < 1.29 is 20.7 Å². The van der Waals surface area contributed by atoms with Crippen molar-refractivity contribution >= 4 is 45.5 Å². The summed E-state index contributed by atoms with van der Waals surface area (Å²) in [5.74, 6) is 0. The standard InChI is InChI=1S/2C14H23P.C5H10O.2ClH.Pd/c2*1-13(2,3)15(14(4,5)6)12-10-8-7-9-11-12;1-5-3-2-4-6-5;;;/h2*7-11H,1-6H3;5H,2-4H2,1H3;2*1H;/q;;;;;+2/p-2. The summed E-state index contributed by atoms with van der Waals surface area (Å²) in [6, 6.07) is 21.9. The maximum atomic E-state index is 5.15. The SMILES string of the molecule is CC(C)(C)P(c1ccccc1)C(C)(C)C.CC(C)(C)P(c1ccccc1)C(C)(C)C.CC1CCCO1.[Cl][Pd][Cl]. The predicted octanol–water partition coefficient (Wildman–Crippen LogP) is 11.3. The number of rotatable bonds is 2. The monoisotopic (exact) mass is 706 g/mol. The van der Waals surface area contributed by atoms with Crippen LogP contribution in [0.25, 0.3) is 0 Å². The molecule has 0 amide bonds. The molecular weight excluding hydrogens is 652 g/mol. The Morgan fingerprint density at radius 3 is 1.05 bits per heavy atom. The van der Waals surface area contributed by atoms with Crippen molar-refractivity contribution in [2.45, 2.75) is 130 Å². The summed E-state index contributed by atoms with van der Waals surface area (Å²) in [6.45, 7) is 31.4. The van der Waals surface area contributed by atoms with E-state index in [1.807, 2.05) is 0 Å². The number of halogens is 2. The van der Waals surface area contributed by atoms with Crippen molar-refractivity contribution in [1.82, 2.24) is 0 Å². The van der Waals surface area contributed by atoms with Gasteiger partial charge in [0.1, 0.15) is 0 Å². The van der Waals surface area contributed by atoms with Crippen LogP contribution < -0.4 is 10.6 Å². The quantitative estimate of drug-likeness (QED) is 0.223. The van der Waals surface area contributed by atoms with Gasteiger partial charge >= 0.3 is 35.0 Å². The van der Waals surface area contributed by atoms with Crippen molar-refractivity contribution in [2.24, 2.45) is 0 Å². The van der Waals surface area contributed by atoms with Gasteiger partial charge < -0.3 is 4.74 Å². The van der Waals surface area contributed by atoms with Crippen LogP contribution in [-0.4, -0.2) is 33.3 Å². The second-order valence-electron chi connectivity index (χ2n) is 13.9. The normalized spacial score (nSPS) is 16.1. The van der Waals surface area contributed by atoms with Crippen LogP contribution in [0.4, 0.5) is 0 Å². The molecule has 3 rings (SSSR count). The van der Waals surface area contributed by atoms with Crippen LogP contribution in [0.2, 0.25) is 0 Å². The molecule has 0 saturated carbocycles. The number of ether oxygens (including phenoxy) is 1. The summed E-state index contributed by atoms with van der Waals surface area (Å²) in [4.78, 5) is 0. The van der Waals surface area contributed by atoms with Crippen LogP contribution in [-0.2, 0) is 20.7 Å². The maximum absolute atomic E-state index is 5.15. The van der Waals surface area contributed by atoms with E-state index < -0.39 is 0 Å². The predicted molar refractivity (Wildman–Crippen MR) is 181 cm³/mol. The summed E-state index contributed by atoms with van der Waals surface area (Å²) < 4.78 is 5.15. The van der Waals surface area contributed by atoms with Gasteiger partial charge in [0.2, 0.25) is 0 Å². The van der Waals surface area contributed by atoms with Gasteiger partial charge in [-0.2, -0.15) is 0 Å². The first kappa shape index (κ1) is 39.5. The Labute approximate surface area is 261 Å². The fourth-order valence-electron chi connectivity index (χ4n) is 5.45. The molecule has 6 heteroatoms. The molecule has 0 bridgehead atoms. The van der Waals surface area contributed by atoms with Gasteiger partial charge in [0.15, 0.2) is 0 Å². The Balaban J connectivity index is 0.000000565. The Kier molecular flexibility index (Phi) is 18.5. The number of benzene rings is 2. The molecule has 1 aliphatic heterocycles. The van der Waals surface area contributed by atoms with E-state index in [0.29, 0.717) is 26.7 Å². The minimum atomic E-state index is -0.138. The third kappa shape index (κ3) is 16.7. The molecule has 228 valence electrons. The summed E-state index contributed by atoms with van der Waals surface area (Å²) in [5.41, 5.74) is 0. The molecule has 0 spiro atoms. The van der Waals surface area contributed by atoms with E-state index in [9.17, 15) is 0 Å². The summed E-state index contributed by atoms with van der Waals surface area (Å²) in [6.07, 6.45) is 3.08. The van der Waals surface area contributed by atoms with Gasteiger partial charge in [-0.3, -0.25) is 0 Å². The van der Waals surface area contributed by atoms with Gasteiger partial charge in [0, 0.05) is 6.61 Å². The van der Waals surface area contributed by atoms with E-state index in [2.05, 4.69) is 151 Å². The molecule has 1 nitrogen and oxygen atoms in total. The molecule has 1 fully saturated rings. The molecule has 0 radical (unpaired) electrons. The van der Waals surface area contributed by atoms with Crippen molar-refractivity contribution in [3.05, 3.63) is 60.7 Å². The fourth-order valence-corrected chi connectivity index (χ4v) is 13.5. The number of hydrogen-bond donors (Lipinski definition) is 0. The molecule has 2 aromatic rings. The zero-order chi connectivity index (χ0) is 30.5. The summed E-state index contributed by atoms with van der Waals surface area (Å²) in [5, 5.41) is 4.52. The molecule has 2 aromatic carbocycles. The first-order valence-corrected chi connectivity index (χ1v) is 20.6. The van der Waals surface area contributed by atoms with Crippen molar-refractivity contribution in [2.75, 3.05) is 6.61 Å². The van der Waals surface area contributed by atoms with E-state index in [-0.39, 0.29) is 31.8 Å². The van der Waals surface area contributed by atoms with E-state index in [0.717, 1.165) is 6.61 Å². The average Bonchev–Trinajstić information content (AvgIpc) is 3.23. The zero-order valence-corrected chi connectivity index (χ0v) is 31.7. The first-order chi connectivity index (χ1) is 17.8. The van der Waals surface area contributed by atoms with E-state index in [1.165, 1.54) is 23.5 Å². The number of hydrogen-bond acceptors (Lipinski definition) is 1. The average molecular weight is 708 g/mol. The van der Waals surface area contributed by atoms with Gasteiger partial charge in [0.25, 0.3) is 0 Å². The van der Waals surface area contributed by atoms with Crippen molar-refractivity contribution in [3.63, 3.8) is 0 Å². The fraction of sp³-hybridized carbons (Fsp3) is 0.636. The third-order valence-corrected chi connectivity index (χ3v) is 12.9. The van der Waals surface area contributed by atoms with Crippen LogP contribution in [0.3, 0.4) is 0 Å². The van der Waals surface area contributed by atoms with Gasteiger partial charge in [0.05, 0.1) is 6.10 Å². The Bertz CT molecular complexity index is 781. The molecule has 1 saturated heterocycles. The van der Waals surface area contributed by atoms with Gasteiger partial charge in [-0.15, -0.1) is 0 Å². The summed E-state index contributed by atoms with van der Waals surface area (Å²) in [7, 11) is 9.35. The molecule has 1 atom stereocenters. The zero-order valence-electron chi connectivity index (χ0n) is 26.8. The molecule has 39 heavy (non-hydrogen) atoms. The van der Waals surface area contributed by atoms with E-state index >= 15 is 0 Å². The van der Waals surface area contributed by atoms with Crippen LogP contribution in [0.1, 0.15) is 103 Å². The molecule has 0 N–H and O–H groups in total. The van der Waals surface area contributed by atoms with Crippen LogP contribution >= 0.6 is 34.9 Å². The Hall–Kier alpha value is 0.502. The summed E-state index contributed by atoms with van der Waals surface area (Å²) >= 11 is -0.106. The van der Waals surface area contributed by atoms with Crippen molar-refractivity contribution in [3.8, 4) is 0 Å². The van der Waals surface area contributed by atoms with Gasteiger partial charge in [-0.05, 0) is 51.0 Å². The molecule has 1 aliphatic rings. The van der Waals surface area contributed by atoms with E-state index in [4.69, 9.17) is 23.8 Å². The van der Waals surface area contributed by atoms with Gasteiger partial charge in [-0.1, -0.05) is 160 Å². The van der Waals surface area contributed by atoms with Gasteiger partial charge in [-0.25, -0.2) is 0 Å². The second kappa shape index (κ2) is 18.2. The van der Waals surface area contributed by atoms with Crippen molar-refractivity contribution in [1.29, 1.82) is 0 Å². The molecule has 0 aliphatic carbocycles.